The van der Waals surface area contributed by atoms with Crippen molar-refractivity contribution in [3.05, 3.63) is 65.5 Å². The van der Waals surface area contributed by atoms with Crippen molar-refractivity contribution >= 4 is 17.7 Å². The van der Waals surface area contributed by atoms with E-state index >= 15 is 0 Å². The van der Waals surface area contributed by atoms with E-state index in [0.717, 1.165) is 24.1 Å². The third kappa shape index (κ3) is 3.74. The molecule has 0 radical (unpaired) electrons. The number of amides is 3. The molecule has 1 atom stereocenters. The zero-order valence-electron chi connectivity index (χ0n) is 15.5. The number of piperazine rings is 1. The summed E-state index contributed by atoms with van der Waals surface area (Å²) >= 11 is 0. The van der Waals surface area contributed by atoms with Crippen LogP contribution in [0, 0.1) is 0 Å². The normalized spacial score (nSPS) is 18.9. The number of fused-ring (bicyclic) bond motifs is 1. The molecule has 0 bridgehead atoms. The summed E-state index contributed by atoms with van der Waals surface area (Å²) in [5.41, 5.74) is 2.23. The summed E-state index contributed by atoms with van der Waals surface area (Å²) in [4.78, 5) is 44.6. The molecule has 7 heteroatoms. The molecule has 7 nitrogen and oxygen atoms in total. The molecule has 0 aliphatic carbocycles. The highest BCUT2D eigenvalue weighted by Crippen LogP contribution is 2.24. The Morgan fingerprint density at radius 1 is 1.14 bits per heavy atom. The Hall–Kier alpha value is -3.22. The predicted molar refractivity (Wildman–Crippen MR) is 102 cm³/mol. The number of pyridine rings is 1. The van der Waals surface area contributed by atoms with E-state index in [2.05, 4.69) is 10.3 Å². The van der Waals surface area contributed by atoms with Gasteiger partial charge >= 0.3 is 0 Å². The topological polar surface area (TPSA) is 82.6 Å². The molecule has 144 valence electrons. The summed E-state index contributed by atoms with van der Waals surface area (Å²) < 4.78 is 0. The fourth-order valence-electron chi connectivity index (χ4n) is 3.76. The lowest BCUT2D eigenvalue weighted by atomic mass is 10.1. The number of nitrogens with zero attached hydrogens (tertiary/aromatic N) is 3. The lowest BCUT2D eigenvalue weighted by Crippen LogP contribution is -2.56. The van der Waals surface area contributed by atoms with Crippen LogP contribution in [0.4, 0.5) is 0 Å². The van der Waals surface area contributed by atoms with Crippen LogP contribution in [-0.2, 0) is 22.7 Å². The van der Waals surface area contributed by atoms with Crippen molar-refractivity contribution in [2.75, 3.05) is 13.1 Å². The summed E-state index contributed by atoms with van der Waals surface area (Å²) in [6.45, 7) is 1.56. The van der Waals surface area contributed by atoms with Crippen molar-refractivity contribution in [3.63, 3.8) is 0 Å². The number of carbonyl (C=O) groups excluding carboxylic acids is 3. The highest BCUT2D eigenvalue weighted by Gasteiger charge is 2.41. The second-order valence-electron chi connectivity index (χ2n) is 7.14. The van der Waals surface area contributed by atoms with Crippen LogP contribution < -0.4 is 5.32 Å². The van der Waals surface area contributed by atoms with E-state index in [1.165, 1.54) is 0 Å². The molecule has 1 unspecified atom stereocenters. The molecule has 2 aliphatic rings. The van der Waals surface area contributed by atoms with Crippen LogP contribution in [0.3, 0.4) is 0 Å². The average molecular weight is 378 g/mol. The summed E-state index contributed by atoms with van der Waals surface area (Å²) in [6.07, 6.45) is 3.32. The molecule has 0 spiro atoms. The van der Waals surface area contributed by atoms with Gasteiger partial charge in [0, 0.05) is 24.8 Å². The van der Waals surface area contributed by atoms with Gasteiger partial charge < -0.3 is 15.1 Å². The number of benzene rings is 1. The Balaban J connectivity index is 1.36. The van der Waals surface area contributed by atoms with Crippen LogP contribution in [-0.4, -0.2) is 51.6 Å². The smallest absolute Gasteiger partial charge is 0.251 e. The van der Waals surface area contributed by atoms with Crippen LogP contribution in [0.25, 0.3) is 0 Å². The predicted octanol–water partition coefficient (Wildman–Crippen LogP) is 1.34. The van der Waals surface area contributed by atoms with Gasteiger partial charge in [0.1, 0.15) is 12.6 Å². The monoisotopic (exact) mass is 378 g/mol. The minimum atomic E-state index is -0.294. The molecule has 0 saturated carbocycles. The van der Waals surface area contributed by atoms with Gasteiger partial charge in [-0.1, -0.05) is 18.2 Å². The minimum absolute atomic E-state index is 0.0209. The Labute approximate surface area is 163 Å². The van der Waals surface area contributed by atoms with Gasteiger partial charge in [0.25, 0.3) is 5.91 Å². The van der Waals surface area contributed by atoms with E-state index in [-0.39, 0.29) is 30.3 Å². The Kier molecular flexibility index (Phi) is 5.06. The molecule has 3 amide bonds. The summed E-state index contributed by atoms with van der Waals surface area (Å²) in [7, 11) is 0. The van der Waals surface area contributed by atoms with Crippen molar-refractivity contribution in [2.24, 2.45) is 0 Å². The van der Waals surface area contributed by atoms with Gasteiger partial charge in [-0.15, -0.1) is 0 Å². The third-order valence-electron chi connectivity index (χ3n) is 5.24. The van der Waals surface area contributed by atoms with Gasteiger partial charge in [-0.3, -0.25) is 19.4 Å². The average Bonchev–Trinajstić information content (AvgIpc) is 3.22. The number of rotatable bonds is 5. The Morgan fingerprint density at radius 2 is 1.96 bits per heavy atom. The molecule has 2 fully saturated rings. The molecule has 1 aromatic carbocycles. The van der Waals surface area contributed by atoms with Crippen molar-refractivity contribution in [3.8, 4) is 0 Å². The van der Waals surface area contributed by atoms with Gasteiger partial charge in [0.2, 0.25) is 11.8 Å². The Morgan fingerprint density at radius 3 is 2.71 bits per heavy atom. The first kappa shape index (κ1) is 18.2. The molecule has 1 aromatic heterocycles. The van der Waals surface area contributed by atoms with Crippen molar-refractivity contribution in [2.45, 2.75) is 32.0 Å². The lowest BCUT2D eigenvalue weighted by molar-refractivity contribution is -0.154. The quantitative estimate of drug-likeness (QED) is 0.851. The molecule has 1 N–H and O–H groups in total. The van der Waals surface area contributed by atoms with Gasteiger partial charge in [-0.2, -0.15) is 0 Å². The number of carbonyl (C=O) groups is 3. The van der Waals surface area contributed by atoms with Crippen molar-refractivity contribution in [1.82, 2.24) is 20.1 Å². The lowest BCUT2D eigenvalue weighted by Gasteiger charge is -2.36. The first-order chi connectivity index (χ1) is 13.6. The SMILES string of the molecule is O=C(NCc1ccccn1)c1ccc(CN2CC(=O)N3CCCC3C2=O)cc1. The standard InChI is InChI=1S/C21H22N4O3/c26-19-14-24(21(28)18-5-3-11-25(18)19)13-15-6-8-16(9-7-15)20(27)23-12-17-4-1-2-10-22-17/h1-2,4,6-10,18H,3,5,11-14H2,(H,23,27). The molecule has 3 heterocycles. The van der Waals surface area contributed by atoms with Crippen LogP contribution >= 0.6 is 0 Å². The fraction of sp³-hybridized carbons (Fsp3) is 0.333. The molecule has 2 aliphatic heterocycles. The summed E-state index contributed by atoms with van der Waals surface area (Å²) in [5, 5.41) is 2.84. The van der Waals surface area contributed by atoms with E-state index in [1.807, 2.05) is 30.3 Å². The van der Waals surface area contributed by atoms with E-state index in [4.69, 9.17) is 0 Å². The van der Waals surface area contributed by atoms with Gasteiger partial charge in [-0.25, -0.2) is 0 Å². The second-order valence-corrected chi connectivity index (χ2v) is 7.14. The van der Waals surface area contributed by atoms with Gasteiger partial charge in [-0.05, 0) is 42.7 Å². The number of hydrogen-bond acceptors (Lipinski definition) is 4. The van der Waals surface area contributed by atoms with E-state index in [9.17, 15) is 14.4 Å². The van der Waals surface area contributed by atoms with Crippen LogP contribution in [0.5, 0.6) is 0 Å². The summed E-state index contributed by atoms with van der Waals surface area (Å²) in [6, 6.07) is 12.4. The maximum absolute atomic E-state index is 12.6. The molecule has 4 rings (SSSR count). The van der Waals surface area contributed by atoms with Crippen LogP contribution in [0.2, 0.25) is 0 Å². The maximum atomic E-state index is 12.6. The van der Waals surface area contributed by atoms with E-state index in [0.29, 0.717) is 25.2 Å². The maximum Gasteiger partial charge on any atom is 0.251 e. The number of hydrogen-bond donors (Lipinski definition) is 1. The first-order valence-corrected chi connectivity index (χ1v) is 9.47. The molecule has 2 saturated heterocycles. The highest BCUT2D eigenvalue weighted by atomic mass is 16.2. The molecular formula is C21H22N4O3. The highest BCUT2D eigenvalue weighted by molar-refractivity contribution is 5.95. The van der Waals surface area contributed by atoms with Gasteiger partial charge in [0.15, 0.2) is 0 Å². The van der Waals surface area contributed by atoms with Crippen LogP contribution in [0.1, 0.15) is 34.5 Å². The van der Waals surface area contributed by atoms with Crippen LogP contribution in [0.15, 0.2) is 48.7 Å². The minimum Gasteiger partial charge on any atom is -0.346 e. The molecule has 28 heavy (non-hydrogen) atoms. The third-order valence-corrected chi connectivity index (χ3v) is 5.24. The molecular weight excluding hydrogens is 356 g/mol. The van der Waals surface area contributed by atoms with Crippen molar-refractivity contribution < 1.29 is 14.4 Å². The Bertz CT molecular complexity index is 882. The number of aromatic nitrogens is 1. The summed E-state index contributed by atoms with van der Waals surface area (Å²) in [5.74, 6) is -0.134. The van der Waals surface area contributed by atoms with E-state index < -0.39 is 0 Å². The molecule has 2 aromatic rings. The van der Waals surface area contributed by atoms with E-state index in [1.54, 1.807) is 28.1 Å². The van der Waals surface area contributed by atoms with Crippen molar-refractivity contribution in [1.29, 1.82) is 0 Å². The second kappa shape index (κ2) is 7.80. The largest absolute Gasteiger partial charge is 0.346 e. The number of nitrogens with one attached hydrogen (secondary N) is 1. The fourth-order valence-corrected chi connectivity index (χ4v) is 3.76. The zero-order valence-corrected chi connectivity index (χ0v) is 15.5. The van der Waals surface area contributed by atoms with Gasteiger partial charge in [0.05, 0.1) is 12.2 Å². The zero-order chi connectivity index (χ0) is 19.5. The first-order valence-electron chi connectivity index (χ1n) is 9.47.